The van der Waals surface area contributed by atoms with Crippen LogP contribution >= 0.6 is 0 Å². The minimum Gasteiger partial charge on any atom is -0.331 e. The molecule has 28 heavy (non-hydrogen) atoms. The number of aromatic nitrogens is 4. The molecule has 1 fully saturated rings. The Morgan fingerprint density at radius 3 is 3.00 bits per heavy atom. The van der Waals surface area contributed by atoms with E-state index in [1.54, 1.807) is 28.2 Å². The molecule has 0 bridgehead atoms. The van der Waals surface area contributed by atoms with Crippen LogP contribution in [-0.2, 0) is 16.0 Å². The van der Waals surface area contributed by atoms with Crippen LogP contribution < -0.4 is 5.32 Å². The van der Waals surface area contributed by atoms with Gasteiger partial charge in [0.2, 0.25) is 11.8 Å². The van der Waals surface area contributed by atoms with Crippen molar-refractivity contribution in [3.63, 3.8) is 0 Å². The zero-order chi connectivity index (χ0) is 19.3. The number of carbonyl (C=O) groups is 2. The number of carbonyl (C=O) groups excluding carboxylic acids is 2. The molecule has 2 N–H and O–H groups in total. The van der Waals surface area contributed by atoms with Crippen LogP contribution in [0.15, 0.2) is 55.1 Å². The van der Waals surface area contributed by atoms with E-state index in [1.165, 1.54) is 0 Å². The van der Waals surface area contributed by atoms with Gasteiger partial charge in [-0.1, -0.05) is 6.07 Å². The summed E-state index contributed by atoms with van der Waals surface area (Å²) < 4.78 is 1.73. The highest BCUT2D eigenvalue weighted by Crippen LogP contribution is 2.21. The fraction of sp³-hybridized carbons (Fsp3) is 0.300. The van der Waals surface area contributed by atoms with Gasteiger partial charge in [-0.25, -0.2) is 4.68 Å². The van der Waals surface area contributed by atoms with Crippen LogP contribution in [0.2, 0.25) is 0 Å². The summed E-state index contributed by atoms with van der Waals surface area (Å²) in [7, 11) is 0. The standard InChI is InChI=1S/C20H22N6O2/c27-19(8-7-15-13-21-22-14-15)25-10-2-6-18(25)20(28)24-16-4-1-5-17(12-16)26-11-3-9-23-26/h1,3-5,9,11-14,18H,2,6-8,10H2,(H,21,22)(H,24,28)/t18-/m0/s1. The maximum atomic E-state index is 12.8. The van der Waals surface area contributed by atoms with Crippen molar-refractivity contribution in [1.82, 2.24) is 24.9 Å². The summed E-state index contributed by atoms with van der Waals surface area (Å²) in [6.45, 7) is 0.621. The first-order valence-electron chi connectivity index (χ1n) is 9.39. The summed E-state index contributed by atoms with van der Waals surface area (Å²) in [6, 6.07) is 8.91. The number of nitrogens with zero attached hydrogens (tertiary/aromatic N) is 4. The van der Waals surface area contributed by atoms with Crippen molar-refractivity contribution in [3.05, 3.63) is 60.7 Å². The minimum atomic E-state index is -0.426. The molecule has 1 aromatic carbocycles. The summed E-state index contributed by atoms with van der Waals surface area (Å²) in [5.74, 6) is -0.143. The number of likely N-dealkylation sites (tertiary alicyclic amines) is 1. The van der Waals surface area contributed by atoms with Crippen LogP contribution in [0, 0.1) is 0 Å². The number of hydrogen-bond acceptors (Lipinski definition) is 4. The molecule has 1 saturated heterocycles. The van der Waals surface area contributed by atoms with E-state index in [9.17, 15) is 9.59 Å². The Kier molecular flexibility index (Phi) is 5.18. The maximum Gasteiger partial charge on any atom is 0.247 e. The number of anilines is 1. The molecule has 144 valence electrons. The number of aromatic amines is 1. The van der Waals surface area contributed by atoms with Gasteiger partial charge in [0.05, 0.1) is 11.9 Å². The summed E-state index contributed by atoms with van der Waals surface area (Å²) in [5.41, 5.74) is 2.54. The molecule has 0 unspecified atom stereocenters. The number of H-pyrrole nitrogens is 1. The highest BCUT2D eigenvalue weighted by Gasteiger charge is 2.33. The summed E-state index contributed by atoms with van der Waals surface area (Å²) in [4.78, 5) is 27.1. The maximum absolute atomic E-state index is 12.8. The Morgan fingerprint density at radius 2 is 2.21 bits per heavy atom. The molecular formula is C20H22N6O2. The average molecular weight is 378 g/mol. The van der Waals surface area contributed by atoms with E-state index in [2.05, 4.69) is 20.6 Å². The lowest BCUT2D eigenvalue weighted by Crippen LogP contribution is -2.43. The molecule has 8 nitrogen and oxygen atoms in total. The first kappa shape index (κ1) is 18.0. The van der Waals surface area contributed by atoms with Crippen LogP contribution in [0.3, 0.4) is 0 Å². The van der Waals surface area contributed by atoms with E-state index in [-0.39, 0.29) is 11.8 Å². The molecule has 1 aliphatic heterocycles. The number of amides is 2. The van der Waals surface area contributed by atoms with Crippen molar-refractivity contribution in [1.29, 1.82) is 0 Å². The quantitative estimate of drug-likeness (QED) is 0.687. The van der Waals surface area contributed by atoms with Gasteiger partial charge in [0.1, 0.15) is 6.04 Å². The number of nitrogens with one attached hydrogen (secondary N) is 2. The smallest absolute Gasteiger partial charge is 0.247 e. The number of hydrogen-bond donors (Lipinski definition) is 2. The lowest BCUT2D eigenvalue weighted by Gasteiger charge is -2.24. The second-order valence-corrected chi connectivity index (χ2v) is 6.84. The molecular weight excluding hydrogens is 356 g/mol. The van der Waals surface area contributed by atoms with E-state index in [0.717, 1.165) is 17.7 Å². The van der Waals surface area contributed by atoms with E-state index >= 15 is 0 Å². The lowest BCUT2D eigenvalue weighted by molar-refractivity contribution is -0.136. The normalized spacial score (nSPS) is 16.3. The topological polar surface area (TPSA) is 95.9 Å². The van der Waals surface area contributed by atoms with Crippen molar-refractivity contribution in [2.75, 3.05) is 11.9 Å². The van der Waals surface area contributed by atoms with Crippen LogP contribution in [0.4, 0.5) is 5.69 Å². The zero-order valence-electron chi connectivity index (χ0n) is 15.4. The minimum absolute atomic E-state index is 0.00384. The van der Waals surface area contributed by atoms with Gasteiger partial charge in [0, 0.05) is 37.2 Å². The number of benzene rings is 1. The van der Waals surface area contributed by atoms with Gasteiger partial charge in [-0.15, -0.1) is 0 Å². The van der Waals surface area contributed by atoms with Gasteiger partial charge < -0.3 is 10.2 Å². The van der Waals surface area contributed by atoms with Gasteiger partial charge in [-0.2, -0.15) is 10.2 Å². The predicted octanol–water partition coefficient (Wildman–Crippen LogP) is 2.16. The molecule has 0 saturated carbocycles. The molecule has 3 aromatic rings. The molecule has 0 radical (unpaired) electrons. The Balaban J connectivity index is 1.39. The monoisotopic (exact) mass is 378 g/mol. The number of rotatable bonds is 6. The molecule has 1 atom stereocenters. The SMILES string of the molecule is O=C(Nc1cccc(-n2cccn2)c1)[C@@H]1CCCN1C(=O)CCc1cn[nH]c1. The first-order chi connectivity index (χ1) is 13.7. The van der Waals surface area contributed by atoms with Crippen molar-refractivity contribution < 1.29 is 9.59 Å². The molecule has 2 aromatic heterocycles. The van der Waals surface area contributed by atoms with E-state index in [4.69, 9.17) is 0 Å². The predicted molar refractivity (Wildman–Crippen MR) is 104 cm³/mol. The van der Waals surface area contributed by atoms with Crippen molar-refractivity contribution in [2.45, 2.75) is 31.7 Å². The van der Waals surface area contributed by atoms with Crippen molar-refractivity contribution in [2.24, 2.45) is 0 Å². The van der Waals surface area contributed by atoms with Gasteiger partial charge in [-0.05, 0) is 49.1 Å². The Labute approximate surface area is 162 Å². The molecule has 2 amide bonds. The van der Waals surface area contributed by atoms with Gasteiger partial charge >= 0.3 is 0 Å². The fourth-order valence-electron chi connectivity index (χ4n) is 3.52. The largest absolute Gasteiger partial charge is 0.331 e. The molecule has 0 spiro atoms. The summed E-state index contributed by atoms with van der Waals surface area (Å²) in [6.07, 6.45) is 9.56. The summed E-state index contributed by atoms with van der Waals surface area (Å²) in [5, 5.41) is 13.8. The van der Waals surface area contributed by atoms with E-state index in [0.29, 0.717) is 31.5 Å². The van der Waals surface area contributed by atoms with Crippen LogP contribution in [0.1, 0.15) is 24.8 Å². The Hall–Kier alpha value is -3.42. The van der Waals surface area contributed by atoms with Crippen LogP contribution in [0.5, 0.6) is 0 Å². The zero-order valence-corrected chi connectivity index (χ0v) is 15.4. The van der Waals surface area contributed by atoms with E-state index in [1.807, 2.05) is 36.5 Å². The molecule has 8 heteroatoms. The summed E-state index contributed by atoms with van der Waals surface area (Å²) >= 11 is 0. The third kappa shape index (κ3) is 3.95. The second-order valence-electron chi connectivity index (χ2n) is 6.84. The third-order valence-electron chi connectivity index (χ3n) is 4.94. The van der Waals surface area contributed by atoms with Gasteiger partial charge in [0.25, 0.3) is 0 Å². The number of aryl methyl sites for hydroxylation is 1. The third-order valence-corrected chi connectivity index (χ3v) is 4.94. The Bertz CT molecular complexity index is 936. The van der Waals surface area contributed by atoms with Gasteiger partial charge in [-0.3, -0.25) is 14.7 Å². The Morgan fingerprint density at radius 1 is 1.29 bits per heavy atom. The van der Waals surface area contributed by atoms with Gasteiger partial charge in [0.15, 0.2) is 0 Å². The van der Waals surface area contributed by atoms with E-state index < -0.39 is 6.04 Å². The molecule has 3 heterocycles. The van der Waals surface area contributed by atoms with Crippen molar-refractivity contribution in [3.8, 4) is 5.69 Å². The lowest BCUT2D eigenvalue weighted by atomic mass is 10.1. The second kappa shape index (κ2) is 8.08. The first-order valence-corrected chi connectivity index (χ1v) is 9.39. The van der Waals surface area contributed by atoms with Crippen molar-refractivity contribution >= 4 is 17.5 Å². The van der Waals surface area contributed by atoms with Crippen LogP contribution in [-0.4, -0.2) is 49.3 Å². The van der Waals surface area contributed by atoms with Crippen LogP contribution in [0.25, 0.3) is 5.69 Å². The average Bonchev–Trinajstić information content (AvgIpc) is 3.49. The highest BCUT2D eigenvalue weighted by atomic mass is 16.2. The molecule has 4 rings (SSSR count). The molecule has 1 aliphatic rings. The fourth-order valence-corrected chi connectivity index (χ4v) is 3.52. The highest BCUT2D eigenvalue weighted by molar-refractivity contribution is 5.97. The molecule has 0 aliphatic carbocycles.